The summed E-state index contributed by atoms with van der Waals surface area (Å²) in [4.78, 5) is 4.09. The van der Waals surface area contributed by atoms with Gasteiger partial charge in [-0.15, -0.1) is 0 Å². The van der Waals surface area contributed by atoms with Gasteiger partial charge in [-0.2, -0.15) is 4.98 Å². The van der Waals surface area contributed by atoms with Crippen molar-refractivity contribution in [1.29, 1.82) is 0 Å². The van der Waals surface area contributed by atoms with Crippen LogP contribution >= 0.6 is 0 Å². The Bertz CT molecular complexity index is 255. The molecular formula is C8H13N3O. The number of nitrogens with zero attached hydrogens (tertiary/aromatic N) is 2. The highest BCUT2D eigenvalue weighted by Gasteiger charge is 2.20. The zero-order chi connectivity index (χ0) is 8.39. The normalized spacial score (nSPS) is 16.8. The van der Waals surface area contributed by atoms with Crippen molar-refractivity contribution in [3.63, 3.8) is 0 Å². The molecule has 0 unspecified atom stereocenters. The van der Waals surface area contributed by atoms with E-state index in [2.05, 4.69) is 15.5 Å². The van der Waals surface area contributed by atoms with E-state index in [1.165, 1.54) is 12.8 Å². The Morgan fingerprint density at radius 2 is 2.42 bits per heavy atom. The lowest BCUT2D eigenvalue weighted by Gasteiger charge is -1.96. The Hall–Kier alpha value is -0.900. The fraction of sp³-hybridized carbons (Fsp3) is 0.750. The highest BCUT2D eigenvalue weighted by atomic mass is 16.5. The molecule has 0 saturated heterocycles. The van der Waals surface area contributed by atoms with Crippen LogP contribution in [0, 0.1) is 12.8 Å². The van der Waals surface area contributed by atoms with Gasteiger partial charge in [0.2, 0.25) is 5.89 Å². The van der Waals surface area contributed by atoms with Gasteiger partial charge < -0.3 is 9.84 Å². The zero-order valence-electron chi connectivity index (χ0n) is 7.21. The van der Waals surface area contributed by atoms with Gasteiger partial charge in [0.1, 0.15) is 0 Å². The first-order valence-electron chi connectivity index (χ1n) is 4.34. The average molecular weight is 167 g/mol. The number of nitrogens with one attached hydrogen (secondary N) is 1. The van der Waals surface area contributed by atoms with Crippen LogP contribution in [0.4, 0.5) is 0 Å². The first-order chi connectivity index (χ1) is 5.84. The molecule has 0 aliphatic heterocycles. The van der Waals surface area contributed by atoms with E-state index >= 15 is 0 Å². The number of hydrogen-bond donors (Lipinski definition) is 1. The molecule has 0 aromatic carbocycles. The average Bonchev–Trinajstić information content (AvgIpc) is 2.76. The van der Waals surface area contributed by atoms with Crippen molar-refractivity contribution in [3.05, 3.63) is 11.7 Å². The molecule has 0 spiro atoms. The molecule has 1 N–H and O–H groups in total. The minimum Gasteiger partial charge on any atom is -0.338 e. The topological polar surface area (TPSA) is 51.0 Å². The molecule has 0 amide bonds. The van der Waals surface area contributed by atoms with E-state index in [4.69, 9.17) is 4.52 Å². The molecule has 4 nitrogen and oxygen atoms in total. The second kappa shape index (κ2) is 3.23. The second-order valence-corrected chi connectivity index (χ2v) is 3.31. The fourth-order valence-electron chi connectivity index (χ4n) is 1.12. The summed E-state index contributed by atoms with van der Waals surface area (Å²) in [5.41, 5.74) is 0. The summed E-state index contributed by atoms with van der Waals surface area (Å²) in [6, 6.07) is 0. The maximum absolute atomic E-state index is 4.94. The summed E-state index contributed by atoms with van der Waals surface area (Å²) in [5, 5.41) is 6.98. The van der Waals surface area contributed by atoms with Gasteiger partial charge in [0, 0.05) is 0 Å². The smallest absolute Gasteiger partial charge is 0.240 e. The number of hydrogen-bond acceptors (Lipinski definition) is 4. The first-order valence-corrected chi connectivity index (χ1v) is 4.34. The molecular weight excluding hydrogens is 154 g/mol. The Morgan fingerprint density at radius 1 is 1.58 bits per heavy atom. The van der Waals surface area contributed by atoms with E-state index in [1.54, 1.807) is 0 Å². The molecule has 1 fully saturated rings. The predicted octanol–water partition coefficient (Wildman–Crippen LogP) is 0.878. The molecule has 0 bridgehead atoms. The minimum atomic E-state index is 0.688. The van der Waals surface area contributed by atoms with E-state index in [0.717, 1.165) is 12.5 Å². The van der Waals surface area contributed by atoms with Gasteiger partial charge in [-0.25, -0.2) is 0 Å². The highest BCUT2D eigenvalue weighted by molar-refractivity contribution is 4.83. The third-order valence-corrected chi connectivity index (χ3v) is 1.98. The number of aryl methyl sites for hydroxylation is 1. The Kier molecular flexibility index (Phi) is 2.08. The third kappa shape index (κ3) is 2.04. The molecule has 1 aliphatic carbocycles. The van der Waals surface area contributed by atoms with Gasteiger partial charge in [0.25, 0.3) is 0 Å². The number of rotatable bonds is 4. The molecule has 2 rings (SSSR count). The van der Waals surface area contributed by atoms with E-state index < -0.39 is 0 Å². The van der Waals surface area contributed by atoms with Crippen LogP contribution in [0.3, 0.4) is 0 Å². The fourth-order valence-corrected chi connectivity index (χ4v) is 1.12. The van der Waals surface area contributed by atoms with Gasteiger partial charge >= 0.3 is 0 Å². The Balaban J connectivity index is 1.71. The molecule has 1 aliphatic rings. The third-order valence-electron chi connectivity index (χ3n) is 1.98. The van der Waals surface area contributed by atoms with E-state index in [9.17, 15) is 0 Å². The van der Waals surface area contributed by atoms with Gasteiger partial charge in [0.15, 0.2) is 5.82 Å². The first kappa shape index (κ1) is 7.73. The predicted molar refractivity (Wildman–Crippen MR) is 43.5 cm³/mol. The van der Waals surface area contributed by atoms with E-state index in [0.29, 0.717) is 18.3 Å². The second-order valence-electron chi connectivity index (χ2n) is 3.31. The molecule has 12 heavy (non-hydrogen) atoms. The van der Waals surface area contributed by atoms with Gasteiger partial charge in [-0.3, -0.25) is 0 Å². The SMILES string of the molecule is Cc1noc(CNCC2CC2)n1. The van der Waals surface area contributed by atoms with Crippen molar-refractivity contribution in [1.82, 2.24) is 15.5 Å². The molecule has 66 valence electrons. The quantitative estimate of drug-likeness (QED) is 0.723. The standard InChI is InChI=1S/C8H13N3O/c1-6-10-8(12-11-6)5-9-4-7-2-3-7/h7,9H,2-5H2,1H3. The van der Waals surface area contributed by atoms with Crippen LogP contribution in [0.1, 0.15) is 24.6 Å². The molecule has 1 saturated carbocycles. The van der Waals surface area contributed by atoms with Crippen molar-refractivity contribution in [2.24, 2.45) is 5.92 Å². The van der Waals surface area contributed by atoms with Crippen molar-refractivity contribution in [3.8, 4) is 0 Å². The molecule has 1 aromatic rings. The maximum Gasteiger partial charge on any atom is 0.240 e. The lowest BCUT2D eigenvalue weighted by atomic mass is 10.4. The van der Waals surface area contributed by atoms with Crippen LogP contribution in [0.5, 0.6) is 0 Å². The molecule has 4 heteroatoms. The highest BCUT2D eigenvalue weighted by Crippen LogP contribution is 2.27. The monoisotopic (exact) mass is 167 g/mol. The van der Waals surface area contributed by atoms with Gasteiger partial charge in [-0.1, -0.05) is 5.16 Å². The lowest BCUT2D eigenvalue weighted by Crippen LogP contribution is -2.16. The van der Waals surface area contributed by atoms with Gasteiger partial charge in [-0.05, 0) is 32.2 Å². The molecule has 0 radical (unpaired) electrons. The van der Waals surface area contributed by atoms with Crippen LogP contribution in [-0.4, -0.2) is 16.7 Å². The van der Waals surface area contributed by atoms with E-state index in [-0.39, 0.29) is 0 Å². The van der Waals surface area contributed by atoms with Crippen LogP contribution in [0.15, 0.2) is 4.52 Å². The summed E-state index contributed by atoms with van der Waals surface area (Å²) in [7, 11) is 0. The summed E-state index contributed by atoms with van der Waals surface area (Å²) in [6.45, 7) is 3.62. The number of aromatic nitrogens is 2. The molecule has 1 aromatic heterocycles. The summed E-state index contributed by atoms with van der Waals surface area (Å²) in [5.74, 6) is 2.29. The van der Waals surface area contributed by atoms with Crippen LogP contribution in [-0.2, 0) is 6.54 Å². The summed E-state index contributed by atoms with van der Waals surface area (Å²) < 4.78 is 4.94. The molecule has 0 atom stereocenters. The van der Waals surface area contributed by atoms with Crippen molar-refractivity contribution in [2.45, 2.75) is 26.3 Å². The Morgan fingerprint density at radius 3 is 3.00 bits per heavy atom. The maximum atomic E-state index is 4.94. The van der Waals surface area contributed by atoms with Crippen molar-refractivity contribution >= 4 is 0 Å². The lowest BCUT2D eigenvalue weighted by molar-refractivity contribution is 0.363. The summed E-state index contributed by atoms with van der Waals surface area (Å²) >= 11 is 0. The minimum absolute atomic E-state index is 0.688. The van der Waals surface area contributed by atoms with Crippen molar-refractivity contribution in [2.75, 3.05) is 6.54 Å². The largest absolute Gasteiger partial charge is 0.338 e. The van der Waals surface area contributed by atoms with Gasteiger partial charge in [0.05, 0.1) is 6.54 Å². The summed E-state index contributed by atoms with van der Waals surface area (Å²) in [6.07, 6.45) is 2.74. The van der Waals surface area contributed by atoms with Crippen molar-refractivity contribution < 1.29 is 4.52 Å². The molecule has 1 heterocycles. The van der Waals surface area contributed by atoms with Crippen LogP contribution in [0.25, 0.3) is 0 Å². The van der Waals surface area contributed by atoms with E-state index in [1.807, 2.05) is 6.92 Å². The Labute approximate surface area is 71.4 Å². The zero-order valence-corrected chi connectivity index (χ0v) is 7.21. The van der Waals surface area contributed by atoms with Crippen LogP contribution in [0.2, 0.25) is 0 Å². The van der Waals surface area contributed by atoms with Crippen LogP contribution < -0.4 is 5.32 Å².